The van der Waals surface area contributed by atoms with E-state index in [2.05, 4.69) is 9.84 Å². The maximum absolute atomic E-state index is 11.2. The van der Waals surface area contributed by atoms with Gasteiger partial charge < -0.3 is 9.84 Å². The Hall–Kier alpha value is -0.140. The summed E-state index contributed by atoms with van der Waals surface area (Å²) < 4.78 is 4.66. The highest BCUT2D eigenvalue weighted by Crippen LogP contribution is 2.59. The van der Waals surface area contributed by atoms with E-state index >= 15 is 0 Å². The largest absolute Gasteiger partial charge is 0.451 e. The zero-order valence-corrected chi connectivity index (χ0v) is 8.16. The lowest BCUT2D eigenvalue weighted by Crippen LogP contribution is -2.30. The average molecular weight is 187 g/mol. The van der Waals surface area contributed by atoms with Crippen molar-refractivity contribution in [3.63, 3.8) is 0 Å². The molecule has 1 aliphatic heterocycles. The zero-order chi connectivity index (χ0) is 8.60. The van der Waals surface area contributed by atoms with Gasteiger partial charge in [0.2, 0.25) is 0 Å². The lowest BCUT2D eigenvalue weighted by Gasteiger charge is -2.22. The third kappa shape index (κ3) is 1.25. The van der Waals surface area contributed by atoms with Crippen molar-refractivity contribution >= 4 is 15.4 Å². The number of hydrogen-bond acceptors (Lipinski definition) is 3. The van der Waals surface area contributed by atoms with Gasteiger partial charge >= 0.3 is 5.97 Å². The van der Waals surface area contributed by atoms with Gasteiger partial charge in [0.1, 0.15) is 0 Å². The molecule has 1 heterocycles. The Morgan fingerprint density at radius 3 is 2.75 bits per heavy atom. The van der Waals surface area contributed by atoms with Gasteiger partial charge in [0, 0.05) is 0 Å². The van der Waals surface area contributed by atoms with Crippen LogP contribution in [0.3, 0.4) is 0 Å². The lowest BCUT2D eigenvalue weighted by molar-refractivity contribution is -0.135. The first-order chi connectivity index (χ1) is 5.78. The summed E-state index contributed by atoms with van der Waals surface area (Å²) in [4.78, 5) is 11.2. The average Bonchev–Trinajstić information content (AvgIpc) is 2.80. The van der Waals surface area contributed by atoms with Crippen LogP contribution in [0.25, 0.3) is 0 Å². The van der Waals surface area contributed by atoms with Crippen LogP contribution in [0.1, 0.15) is 19.3 Å². The molecule has 0 aromatic carbocycles. The van der Waals surface area contributed by atoms with Crippen molar-refractivity contribution < 1.29 is 9.32 Å². The molecule has 1 N–H and O–H groups in total. The number of carbonyl (C=O) groups excluding carboxylic acids is 1. The van der Waals surface area contributed by atoms with Gasteiger partial charge in [-0.15, -0.1) is 0 Å². The third-order valence-corrected chi connectivity index (χ3v) is 3.42. The zero-order valence-electron chi connectivity index (χ0n) is 7.01. The number of hydrogen-bond donors (Lipinski definition) is 1. The number of piperidine rings is 1. The van der Waals surface area contributed by atoms with E-state index in [1.165, 1.54) is 0 Å². The molecule has 1 saturated carbocycles. The SMILES string of the molecule is O=C(OP)C1CC12CCNCC2. The standard InChI is InChI=1S/C8H14NO2P/c10-7(11-12)6-5-8(6)1-3-9-4-2-8/h6,9H,1-5,12H2. The van der Waals surface area contributed by atoms with Crippen LogP contribution in [-0.4, -0.2) is 19.1 Å². The van der Waals surface area contributed by atoms with Crippen molar-refractivity contribution in [3.8, 4) is 0 Å². The van der Waals surface area contributed by atoms with Gasteiger partial charge in [0.05, 0.1) is 15.4 Å². The minimum Gasteiger partial charge on any atom is -0.451 e. The van der Waals surface area contributed by atoms with Gasteiger partial charge in [0.15, 0.2) is 0 Å². The van der Waals surface area contributed by atoms with Crippen LogP contribution in [0.15, 0.2) is 0 Å². The van der Waals surface area contributed by atoms with Crippen LogP contribution < -0.4 is 5.32 Å². The van der Waals surface area contributed by atoms with E-state index in [0.717, 1.165) is 32.4 Å². The van der Waals surface area contributed by atoms with Crippen LogP contribution in [0.2, 0.25) is 0 Å². The van der Waals surface area contributed by atoms with Crippen molar-refractivity contribution in [2.45, 2.75) is 19.3 Å². The quantitative estimate of drug-likeness (QED) is 0.614. The van der Waals surface area contributed by atoms with Crippen molar-refractivity contribution in [1.29, 1.82) is 0 Å². The van der Waals surface area contributed by atoms with E-state index in [4.69, 9.17) is 0 Å². The van der Waals surface area contributed by atoms with Crippen molar-refractivity contribution in [1.82, 2.24) is 5.32 Å². The third-order valence-electron chi connectivity index (χ3n) is 3.19. The Labute approximate surface area is 74.5 Å². The fraction of sp³-hybridized carbons (Fsp3) is 0.875. The van der Waals surface area contributed by atoms with Crippen molar-refractivity contribution in [2.24, 2.45) is 11.3 Å². The summed E-state index contributed by atoms with van der Waals surface area (Å²) in [5.41, 5.74) is 0.318. The molecule has 0 amide bonds. The van der Waals surface area contributed by atoms with Gasteiger partial charge in [-0.1, -0.05) is 0 Å². The molecule has 0 aromatic rings. The first kappa shape index (κ1) is 8.46. The van der Waals surface area contributed by atoms with Gasteiger partial charge in [-0.25, -0.2) is 0 Å². The molecule has 1 aliphatic carbocycles. The van der Waals surface area contributed by atoms with Crippen LogP contribution in [-0.2, 0) is 9.32 Å². The van der Waals surface area contributed by atoms with Crippen LogP contribution in [0.4, 0.5) is 0 Å². The summed E-state index contributed by atoms with van der Waals surface area (Å²) in [6.45, 7) is 2.11. The summed E-state index contributed by atoms with van der Waals surface area (Å²) in [5, 5.41) is 3.30. The molecule has 2 fully saturated rings. The molecular formula is C8H14NO2P. The molecule has 0 bridgehead atoms. The van der Waals surface area contributed by atoms with Gasteiger partial charge in [-0.05, 0) is 37.8 Å². The molecule has 0 aromatic heterocycles. The molecule has 2 atom stereocenters. The first-order valence-electron chi connectivity index (χ1n) is 4.40. The Morgan fingerprint density at radius 1 is 1.50 bits per heavy atom. The van der Waals surface area contributed by atoms with Crippen molar-refractivity contribution in [3.05, 3.63) is 0 Å². The summed E-state index contributed by atoms with van der Waals surface area (Å²) >= 11 is 0. The van der Waals surface area contributed by atoms with E-state index in [-0.39, 0.29) is 11.9 Å². The van der Waals surface area contributed by atoms with Gasteiger partial charge in [0.25, 0.3) is 0 Å². The van der Waals surface area contributed by atoms with Crippen LogP contribution in [0, 0.1) is 11.3 Å². The van der Waals surface area contributed by atoms with E-state index in [1.807, 2.05) is 9.47 Å². The smallest absolute Gasteiger partial charge is 0.311 e. The summed E-state index contributed by atoms with van der Waals surface area (Å²) in [5.74, 6) is 0.152. The maximum atomic E-state index is 11.2. The van der Waals surface area contributed by atoms with E-state index < -0.39 is 0 Å². The fourth-order valence-electron chi connectivity index (χ4n) is 2.24. The van der Waals surface area contributed by atoms with Gasteiger partial charge in [-0.3, -0.25) is 4.79 Å². The second-order valence-corrected chi connectivity index (χ2v) is 4.04. The van der Waals surface area contributed by atoms with Crippen molar-refractivity contribution in [2.75, 3.05) is 13.1 Å². The lowest BCUT2D eigenvalue weighted by atomic mass is 9.92. The topological polar surface area (TPSA) is 38.3 Å². The second-order valence-electron chi connectivity index (χ2n) is 3.81. The first-order valence-corrected chi connectivity index (χ1v) is 4.87. The molecule has 3 nitrogen and oxygen atoms in total. The number of carbonyl (C=O) groups is 1. The number of nitrogens with one attached hydrogen (secondary N) is 1. The highest BCUT2D eigenvalue weighted by atomic mass is 31.0. The molecule has 2 unspecified atom stereocenters. The second kappa shape index (κ2) is 2.97. The predicted octanol–water partition coefficient (Wildman–Crippen LogP) is 0.709. The van der Waals surface area contributed by atoms with E-state index in [9.17, 15) is 4.79 Å². The fourth-order valence-corrected chi connectivity index (χ4v) is 2.40. The number of rotatable bonds is 1. The highest BCUT2D eigenvalue weighted by molar-refractivity contribution is 7.10. The van der Waals surface area contributed by atoms with Crippen LogP contribution in [0.5, 0.6) is 0 Å². The maximum Gasteiger partial charge on any atom is 0.311 e. The van der Waals surface area contributed by atoms with E-state index in [0.29, 0.717) is 5.41 Å². The molecule has 2 aliphatic rings. The normalized spacial score (nSPS) is 31.6. The van der Waals surface area contributed by atoms with E-state index in [1.54, 1.807) is 0 Å². The monoisotopic (exact) mass is 187 g/mol. The van der Waals surface area contributed by atoms with Gasteiger partial charge in [-0.2, -0.15) is 0 Å². The Bertz CT molecular complexity index is 201. The van der Waals surface area contributed by atoms with Crippen LogP contribution >= 0.6 is 9.47 Å². The summed E-state index contributed by atoms with van der Waals surface area (Å²) in [7, 11) is 2.04. The predicted molar refractivity (Wildman–Crippen MR) is 48.4 cm³/mol. The Kier molecular flexibility index (Phi) is 2.09. The molecule has 0 radical (unpaired) electrons. The molecule has 68 valence electrons. The minimum absolute atomic E-state index is 0.0399. The molecule has 4 heteroatoms. The molecule has 2 rings (SSSR count). The molecule has 1 spiro atoms. The molecule has 12 heavy (non-hydrogen) atoms. The summed E-state index contributed by atoms with van der Waals surface area (Å²) in [6, 6.07) is 0. The summed E-state index contributed by atoms with van der Waals surface area (Å²) in [6.07, 6.45) is 3.32. The Morgan fingerprint density at radius 2 is 2.17 bits per heavy atom. The molecular weight excluding hydrogens is 173 g/mol. The highest BCUT2D eigenvalue weighted by Gasteiger charge is 2.58. The molecule has 1 saturated heterocycles. The Balaban J connectivity index is 1.95. The minimum atomic E-state index is -0.0399.